The molecule has 0 unspecified atom stereocenters. The minimum atomic E-state index is -0.675. The number of anilines is 1. The molecule has 0 bridgehead atoms. The van der Waals surface area contributed by atoms with Crippen molar-refractivity contribution in [3.8, 4) is 0 Å². The molecule has 0 saturated heterocycles. The van der Waals surface area contributed by atoms with Crippen LogP contribution in [0.1, 0.15) is 39.4 Å². The van der Waals surface area contributed by atoms with Crippen LogP contribution < -0.4 is 11.1 Å². The van der Waals surface area contributed by atoms with Crippen LogP contribution in [0.25, 0.3) is 0 Å². The third kappa shape index (κ3) is 6.73. The Bertz CT molecular complexity index is 732. The van der Waals surface area contributed by atoms with Gasteiger partial charge in [0.25, 0.3) is 5.91 Å². The number of nitrogens with two attached hydrogens (primary N) is 1. The maximum absolute atomic E-state index is 12.4. The van der Waals surface area contributed by atoms with Crippen molar-refractivity contribution in [2.75, 3.05) is 44.5 Å². The van der Waals surface area contributed by atoms with Gasteiger partial charge in [-0.05, 0) is 26.3 Å². The van der Waals surface area contributed by atoms with Gasteiger partial charge in [0, 0.05) is 20.2 Å². The molecular weight excluding hydrogens is 422 g/mol. The van der Waals surface area contributed by atoms with Crippen molar-refractivity contribution in [2.24, 2.45) is 5.73 Å². The Morgan fingerprint density at radius 1 is 1.25 bits per heavy atom. The van der Waals surface area contributed by atoms with Crippen LogP contribution in [0.15, 0.2) is 0 Å². The van der Waals surface area contributed by atoms with Gasteiger partial charge < -0.3 is 25.4 Å². The van der Waals surface area contributed by atoms with Crippen LogP contribution in [0, 0.1) is 6.92 Å². The maximum atomic E-state index is 12.4. The van der Waals surface area contributed by atoms with E-state index < -0.39 is 11.9 Å². The van der Waals surface area contributed by atoms with Crippen LogP contribution in [0.2, 0.25) is 0 Å². The number of hydrogen-bond acceptors (Lipinski definition) is 8. The van der Waals surface area contributed by atoms with Crippen molar-refractivity contribution >= 4 is 62.4 Å². The summed E-state index contributed by atoms with van der Waals surface area (Å²) in [5.41, 5.74) is 5.87. The minimum Gasteiger partial charge on any atom is -0.460 e. The third-order valence-electron chi connectivity index (χ3n) is 3.70. The Hall–Kier alpha value is -1.69. The van der Waals surface area contributed by atoms with Gasteiger partial charge in [-0.15, -0.1) is 11.3 Å². The predicted molar refractivity (Wildman–Crippen MR) is 116 cm³/mol. The highest BCUT2D eigenvalue weighted by molar-refractivity contribution is 8.23. The van der Waals surface area contributed by atoms with E-state index in [1.54, 1.807) is 6.92 Å². The van der Waals surface area contributed by atoms with Crippen molar-refractivity contribution in [2.45, 2.75) is 20.8 Å². The number of thiocarbonyl (C=S) groups is 1. The van der Waals surface area contributed by atoms with E-state index in [1.807, 2.05) is 18.7 Å². The number of nitrogens with one attached hydrogen (secondary N) is 1. The molecule has 0 aliphatic rings. The van der Waals surface area contributed by atoms with E-state index in [1.165, 1.54) is 18.9 Å². The molecule has 1 rings (SSSR count). The van der Waals surface area contributed by atoms with Gasteiger partial charge in [0.05, 0.1) is 22.8 Å². The van der Waals surface area contributed by atoms with Gasteiger partial charge in [-0.1, -0.05) is 24.0 Å². The van der Waals surface area contributed by atoms with Crippen molar-refractivity contribution in [1.29, 1.82) is 0 Å². The zero-order valence-corrected chi connectivity index (χ0v) is 18.8. The van der Waals surface area contributed by atoms with E-state index >= 15 is 0 Å². The summed E-state index contributed by atoms with van der Waals surface area (Å²) in [6.07, 6.45) is 0. The molecule has 1 heterocycles. The predicted octanol–water partition coefficient (Wildman–Crippen LogP) is 2.26. The van der Waals surface area contributed by atoms with E-state index in [4.69, 9.17) is 27.4 Å². The number of amides is 2. The SMILES string of the molecule is CCN(CC)C(=S)SCC(=O)Nc1sc(C(N)=O)c(C)c1C(=O)OCCOC. The highest BCUT2D eigenvalue weighted by Gasteiger charge is 2.26. The molecule has 0 atom stereocenters. The lowest BCUT2D eigenvalue weighted by Crippen LogP contribution is -2.28. The van der Waals surface area contributed by atoms with Gasteiger partial charge in [-0.2, -0.15) is 0 Å². The highest BCUT2D eigenvalue weighted by atomic mass is 32.2. The van der Waals surface area contributed by atoms with Crippen LogP contribution in [0.3, 0.4) is 0 Å². The molecule has 28 heavy (non-hydrogen) atoms. The first-order valence-corrected chi connectivity index (χ1v) is 10.8. The lowest BCUT2D eigenvalue weighted by Gasteiger charge is -2.20. The summed E-state index contributed by atoms with van der Waals surface area (Å²) in [6.45, 7) is 7.36. The Morgan fingerprint density at radius 2 is 1.89 bits per heavy atom. The molecule has 11 heteroatoms. The van der Waals surface area contributed by atoms with Gasteiger partial charge in [0.2, 0.25) is 5.91 Å². The normalized spacial score (nSPS) is 10.4. The molecule has 0 spiro atoms. The van der Waals surface area contributed by atoms with E-state index in [9.17, 15) is 14.4 Å². The highest BCUT2D eigenvalue weighted by Crippen LogP contribution is 2.33. The average Bonchev–Trinajstić information content (AvgIpc) is 2.97. The molecule has 2 amide bonds. The fraction of sp³-hybridized carbons (Fsp3) is 0.529. The molecule has 1 aromatic rings. The first-order chi connectivity index (χ1) is 13.3. The second-order valence-electron chi connectivity index (χ2n) is 5.53. The van der Waals surface area contributed by atoms with Crippen molar-refractivity contribution in [3.05, 3.63) is 16.0 Å². The largest absolute Gasteiger partial charge is 0.460 e. The lowest BCUT2D eigenvalue weighted by molar-refractivity contribution is -0.113. The molecule has 0 saturated carbocycles. The van der Waals surface area contributed by atoms with Crippen molar-refractivity contribution in [1.82, 2.24) is 4.90 Å². The molecule has 156 valence electrons. The third-order valence-corrected chi connectivity index (χ3v) is 6.44. The average molecular weight is 448 g/mol. The second kappa shape index (κ2) is 12.0. The summed E-state index contributed by atoms with van der Waals surface area (Å²) in [5, 5.41) is 2.90. The quantitative estimate of drug-likeness (QED) is 0.319. The van der Waals surface area contributed by atoms with Gasteiger partial charge in [0.15, 0.2) is 0 Å². The Labute approximate surface area is 178 Å². The van der Waals surface area contributed by atoms with E-state index in [-0.39, 0.29) is 40.3 Å². The number of thiophene rings is 1. The number of thioether (sulfide) groups is 1. The number of primary amides is 1. The van der Waals surface area contributed by atoms with Crippen LogP contribution in [0.4, 0.5) is 5.00 Å². The molecule has 0 aliphatic carbocycles. The van der Waals surface area contributed by atoms with Crippen LogP contribution in [-0.2, 0) is 14.3 Å². The number of nitrogens with zero attached hydrogens (tertiary/aromatic N) is 1. The standard InChI is InChI=1S/C17H25N3O5S3/c1-5-20(6-2)17(26)27-9-11(21)19-15-12(16(23)25-8-7-24-4)10(3)13(28-15)14(18)22/h5-9H2,1-4H3,(H2,18,22)(H,19,21). The number of carbonyl (C=O) groups excluding carboxylic acids is 3. The van der Waals surface area contributed by atoms with Gasteiger partial charge in [0.1, 0.15) is 15.9 Å². The number of rotatable bonds is 10. The number of carbonyl (C=O) groups is 3. The fourth-order valence-corrected chi connectivity index (χ4v) is 4.50. The number of esters is 1. The summed E-state index contributed by atoms with van der Waals surface area (Å²) in [6, 6.07) is 0. The zero-order valence-electron chi connectivity index (χ0n) is 16.3. The van der Waals surface area contributed by atoms with Gasteiger partial charge in [-0.3, -0.25) is 9.59 Å². The Morgan fingerprint density at radius 3 is 2.43 bits per heavy atom. The molecule has 0 aromatic carbocycles. The van der Waals surface area contributed by atoms with E-state index in [0.29, 0.717) is 9.88 Å². The molecule has 0 fully saturated rings. The topological polar surface area (TPSA) is 111 Å². The smallest absolute Gasteiger partial charge is 0.341 e. The summed E-state index contributed by atoms with van der Waals surface area (Å²) in [5.74, 6) is -1.59. The molecule has 1 aromatic heterocycles. The maximum Gasteiger partial charge on any atom is 0.341 e. The van der Waals surface area contributed by atoms with Crippen LogP contribution >= 0.6 is 35.3 Å². The summed E-state index contributed by atoms with van der Waals surface area (Å²) in [4.78, 5) is 38.5. The summed E-state index contributed by atoms with van der Waals surface area (Å²) >= 11 is 7.49. The summed E-state index contributed by atoms with van der Waals surface area (Å²) < 4.78 is 10.6. The zero-order chi connectivity index (χ0) is 21.3. The molecule has 0 radical (unpaired) electrons. The van der Waals surface area contributed by atoms with E-state index in [0.717, 1.165) is 24.4 Å². The second-order valence-corrected chi connectivity index (χ2v) is 8.16. The first-order valence-electron chi connectivity index (χ1n) is 8.57. The molecule has 0 aliphatic heterocycles. The minimum absolute atomic E-state index is 0.0535. The monoisotopic (exact) mass is 447 g/mol. The number of hydrogen-bond donors (Lipinski definition) is 2. The Kier molecular flexibility index (Phi) is 10.4. The molecule has 8 nitrogen and oxygen atoms in total. The van der Waals surface area contributed by atoms with Crippen molar-refractivity contribution < 1.29 is 23.9 Å². The first kappa shape index (κ1) is 24.3. The molecule has 3 N–H and O–H groups in total. The fourth-order valence-electron chi connectivity index (χ4n) is 2.24. The van der Waals surface area contributed by atoms with Gasteiger partial charge in [-0.25, -0.2) is 4.79 Å². The molecular formula is C17H25N3O5S3. The number of methoxy groups -OCH3 is 1. The lowest BCUT2D eigenvalue weighted by atomic mass is 10.1. The Balaban J connectivity index is 2.92. The summed E-state index contributed by atoms with van der Waals surface area (Å²) in [7, 11) is 1.49. The van der Waals surface area contributed by atoms with E-state index in [2.05, 4.69) is 5.32 Å². The van der Waals surface area contributed by atoms with Crippen molar-refractivity contribution in [3.63, 3.8) is 0 Å². The van der Waals surface area contributed by atoms with Gasteiger partial charge >= 0.3 is 5.97 Å². The van der Waals surface area contributed by atoms with Crippen LogP contribution in [0.5, 0.6) is 0 Å². The van der Waals surface area contributed by atoms with Crippen LogP contribution in [-0.4, -0.2) is 66.2 Å². The number of ether oxygens (including phenoxy) is 2.